The number of ether oxygens (including phenoxy) is 1. The molecule has 1 saturated heterocycles. The highest BCUT2D eigenvalue weighted by Crippen LogP contribution is 2.23. The third-order valence-corrected chi connectivity index (χ3v) is 5.51. The molecule has 0 radical (unpaired) electrons. The molecule has 2 N–H and O–H groups in total. The molecule has 0 aromatic carbocycles. The number of carbonyl (C=O) groups is 2. The minimum absolute atomic E-state index is 0.182. The zero-order valence-electron chi connectivity index (χ0n) is 16.7. The molecular weight excluding hydrogens is 376 g/mol. The molecule has 28 heavy (non-hydrogen) atoms. The van der Waals surface area contributed by atoms with Crippen LogP contribution >= 0.6 is 11.3 Å². The first-order chi connectivity index (χ1) is 13.3. The van der Waals surface area contributed by atoms with E-state index in [1.165, 1.54) is 0 Å². The maximum atomic E-state index is 12.3. The second-order valence-corrected chi connectivity index (χ2v) is 9.07. The Labute approximate surface area is 169 Å². The number of amides is 2. The van der Waals surface area contributed by atoms with Crippen LogP contribution < -0.4 is 5.32 Å². The van der Waals surface area contributed by atoms with Crippen molar-refractivity contribution in [2.24, 2.45) is 5.92 Å². The zero-order chi connectivity index (χ0) is 20.1. The molecule has 3 rings (SSSR count). The number of piperidine rings is 1. The van der Waals surface area contributed by atoms with Gasteiger partial charge in [-0.2, -0.15) is 5.10 Å². The van der Waals surface area contributed by atoms with Crippen LogP contribution in [-0.4, -0.2) is 52.3 Å². The predicted molar refractivity (Wildman–Crippen MR) is 109 cm³/mol. The molecule has 0 spiro atoms. The highest BCUT2D eigenvalue weighted by Gasteiger charge is 2.27. The van der Waals surface area contributed by atoms with Crippen LogP contribution in [0.1, 0.15) is 50.5 Å². The fourth-order valence-corrected chi connectivity index (χ4v) is 3.96. The number of aromatic nitrogens is 2. The van der Waals surface area contributed by atoms with Crippen molar-refractivity contribution in [3.8, 4) is 10.6 Å². The van der Waals surface area contributed by atoms with Gasteiger partial charge in [-0.25, -0.2) is 4.79 Å². The second-order valence-electron chi connectivity index (χ2n) is 8.12. The summed E-state index contributed by atoms with van der Waals surface area (Å²) in [6, 6.07) is 5.72. The minimum atomic E-state index is -0.483. The summed E-state index contributed by atoms with van der Waals surface area (Å²) in [7, 11) is 0. The van der Waals surface area contributed by atoms with Gasteiger partial charge in [-0.3, -0.25) is 9.89 Å². The lowest BCUT2D eigenvalue weighted by Crippen LogP contribution is -2.43. The van der Waals surface area contributed by atoms with E-state index >= 15 is 0 Å². The van der Waals surface area contributed by atoms with E-state index < -0.39 is 5.60 Å². The number of hydrogen-bond donors (Lipinski definition) is 2. The Bertz CT molecular complexity index is 795. The minimum Gasteiger partial charge on any atom is -0.444 e. The van der Waals surface area contributed by atoms with E-state index in [9.17, 15) is 9.59 Å². The van der Waals surface area contributed by atoms with Gasteiger partial charge >= 0.3 is 6.09 Å². The standard InChI is InChI=1S/C20H28N4O3S/c1-20(2,3)27-19(26)24-10-4-6-14(13-24)8-9-21-18(25)16-12-15(22-23-16)17-7-5-11-28-17/h5,7,11-12,14H,4,6,8-10,13H2,1-3H3,(H,21,25)(H,22,23). The van der Waals surface area contributed by atoms with Crippen molar-refractivity contribution < 1.29 is 14.3 Å². The number of carbonyl (C=O) groups excluding carboxylic acids is 2. The molecule has 8 heteroatoms. The van der Waals surface area contributed by atoms with Gasteiger partial charge in [0.1, 0.15) is 5.60 Å². The average Bonchev–Trinajstić information content (AvgIpc) is 3.32. The molecule has 2 aromatic heterocycles. The normalized spacial score (nSPS) is 17.4. The molecular formula is C20H28N4O3S. The number of likely N-dealkylation sites (tertiary alicyclic amines) is 1. The van der Waals surface area contributed by atoms with Crippen LogP contribution in [0.3, 0.4) is 0 Å². The SMILES string of the molecule is CC(C)(C)OC(=O)N1CCCC(CCNC(=O)c2cc(-c3cccs3)[nH]n2)C1. The number of hydrogen-bond acceptors (Lipinski definition) is 5. The summed E-state index contributed by atoms with van der Waals surface area (Å²) in [6.45, 7) is 7.60. The van der Waals surface area contributed by atoms with Crippen molar-refractivity contribution in [1.82, 2.24) is 20.4 Å². The molecule has 0 bridgehead atoms. The van der Waals surface area contributed by atoms with Crippen LogP contribution in [0.15, 0.2) is 23.6 Å². The van der Waals surface area contributed by atoms with Crippen LogP contribution in [0, 0.1) is 5.92 Å². The maximum Gasteiger partial charge on any atom is 0.410 e. The molecule has 1 aliphatic rings. The van der Waals surface area contributed by atoms with Crippen molar-refractivity contribution >= 4 is 23.3 Å². The van der Waals surface area contributed by atoms with Gasteiger partial charge in [0.15, 0.2) is 5.69 Å². The van der Waals surface area contributed by atoms with E-state index in [0.717, 1.165) is 36.4 Å². The Morgan fingerprint density at radius 2 is 2.25 bits per heavy atom. The van der Waals surface area contributed by atoms with Gasteiger partial charge in [0.05, 0.1) is 10.6 Å². The van der Waals surface area contributed by atoms with Crippen LogP contribution in [0.2, 0.25) is 0 Å². The fraction of sp³-hybridized carbons (Fsp3) is 0.550. The highest BCUT2D eigenvalue weighted by molar-refractivity contribution is 7.13. The van der Waals surface area contributed by atoms with E-state index in [4.69, 9.17) is 4.74 Å². The molecule has 0 saturated carbocycles. The Morgan fingerprint density at radius 1 is 1.43 bits per heavy atom. The van der Waals surface area contributed by atoms with Gasteiger partial charge < -0.3 is 15.0 Å². The summed E-state index contributed by atoms with van der Waals surface area (Å²) in [5.74, 6) is 0.182. The third kappa shape index (κ3) is 5.58. The van der Waals surface area contributed by atoms with Crippen LogP contribution in [0.4, 0.5) is 4.79 Å². The number of thiophene rings is 1. The molecule has 2 aromatic rings. The quantitative estimate of drug-likeness (QED) is 0.791. The lowest BCUT2D eigenvalue weighted by Gasteiger charge is -2.34. The molecule has 1 unspecified atom stereocenters. The topological polar surface area (TPSA) is 87.3 Å². The Morgan fingerprint density at radius 3 is 2.96 bits per heavy atom. The van der Waals surface area contributed by atoms with Crippen molar-refractivity contribution in [1.29, 1.82) is 0 Å². The monoisotopic (exact) mass is 404 g/mol. The Hall–Kier alpha value is -2.35. The Balaban J connectivity index is 1.44. The smallest absolute Gasteiger partial charge is 0.410 e. The molecule has 1 atom stereocenters. The largest absolute Gasteiger partial charge is 0.444 e. The lowest BCUT2D eigenvalue weighted by atomic mass is 9.95. The van der Waals surface area contributed by atoms with Gasteiger partial charge in [0.2, 0.25) is 0 Å². The molecule has 3 heterocycles. The van der Waals surface area contributed by atoms with Crippen molar-refractivity contribution in [2.45, 2.75) is 45.6 Å². The number of rotatable bonds is 5. The molecule has 2 amide bonds. The first kappa shape index (κ1) is 20.4. The summed E-state index contributed by atoms with van der Waals surface area (Å²) in [5, 5.41) is 11.9. The van der Waals surface area contributed by atoms with E-state index in [1.54, 1.807) is 22.3 Å². The summed E-state index contributed by atoms with van der Waals surface area (Å²) in [6.07, 6.45) is 2.59. The zero-order valence-corrected chi connectivity index (χ0v) is 17.5. The summed E-state index contributed by atoms with van der Waals surface area (Å²) >= 11 is 1.60. The predicted octanol–water partition coefficient (Wildman–Crippen LogP) is 3.91. The molecule has 0 aliphatic carbocycles. The summed E-state index contributed by atoms with van der Waals surface area (Å²) < 4.78 is 5.47. The lowest BCUT2D eigenvalue weighted by molar-refractivity contribution is 0.0161. The molecule has 1 aliphatic heterocycles. The summed E-state index contributed by atoms with van der Waals surface area (Å²) in [5.41, 5.74) is 0.756. The maximum absolute atomic E-state index is 12.3. The third-order valence-electron chi connectivity index (χ3n) is 4.61. The Kier molecular flexibility index (Phi) is 6.39. The van der Waals surface area contributed by atoms with E-state index in [-0.39, 0.29) is 12.0 Å². The number of nitrogens with one attached hydrogen (secondary N) is 2. The van der Waals surface area contributed by atoms with E-state index in [2.05, 4.69) is 15.5 Å². The molecule has 7 nitrogen and oxygen atoms in total. The molecule has 152 valence electrons. The highest BCUT2D eigenvalue weighted by atomic mass is 32.1. The van der Waals surface area contributed by atoms with Gasteiger partial charge in [0.25, 0.3) is 5.91 Å². The fourth-order valence-electron chi connectivity index (χ4n) is 3.27. The van der Waals surface area contributed by atoms with Crippen LogP contribution in [0.5, 0.6) is 0 Å². The number of nitrogens with zero attached hydrogens (tertiary/aromatic N) is 2. The number of H-pyrrole nitrogens is 1. The van der Waals surface area contributed by atoms with Gasteiger partial charge in [-0.15, -0.1) is 11.3 Å². The van der Waals surface area contributed by atoms with Gasteiger partial charge in [-0.05, 0) is 63.5 Å². The average molecular weight is 405 g/mol. The first-order valence-corrected chi connectivity index (χ1v) is 10.6. The van der Waals surface area contributed by atoms with Crippen molar-refractivity contribution in [3.05, 3.63) is 29.3 Å². The van der Waals surface area contributed by atoms with Crippen LogP contribution in [-0.2, 0) is 4.74 Å². The van der Waals surface area contributed by atoms with Crippen LogP contribution in [0.25, 0.3) is 10.6 Å². The first-order valence-electron chi connectivity index (χ1n) is 9.67. The second kappa shape index (κ2) is 8.77. The number of aromatic amines is 1. The van der Waals surface area contributed by atoms with Crippen molar-refractivity contribution in [3.63, 3.8) is 0 Å². The van der Waals surface area contributed by atoms with Gasteiger partial charge in [0, 0.05) is 19.6 Å². The van der Waals surface area contributed by atoms with E-state index in [1.807, 2.05) is 38.3 Å². The molecule has 1 fully saturated rings. The van der Waals surface area contributed by atoms with Gasteiger partial charge in [-0.1, -0.05) is 6.07 Å². The van der Waals surface area contributed by atoms with Crippen molar-refractivity contribution in [2.75, 3.05) is 19.6 Å². The summed E-state index contributed by atoms with van der Waals surface area (Å²) in [4.78, 5) is 27.4. The van der Waals surface area contributed by atoms with E-state index in [0.29, 0.717) is 24.7 Å².